The van der Waals surface area contributed by atoms with Crippen LogP contribution >= 0.6 is 11.3 Å². The Kier molecular flexibility index (Phi) is 5.23. The van der Waals surface area contributed by atoms with Crippen LogP contribution < -0.4 is 0 Å². The molecule has 0 spiro atoms. The van der Waals surface area contributed by atoms with Gasteiger partial charge in [0.1, 0.15) is 11.3 Å². The zero-order valence-electron chi connectivity index (χ0n) is 19.0. The number of nitrogens with zero attached hydrogens (tertiary/aromatic N) is 5. The molecule has 0 amide bonds. The zero-order valence-corrected chi connectivity index (χ0v) is 19.8. The number of piperidine rings is 1. The Morgan fingerprint density at radius 1 is 1.12 bits per heavy atom. The summed E-state index contributed by atoms with van der Waals surface area (Å²) in [5, 5.41) is 8.96. The van der Waals surface area contributed by atoms with Gasteiger partial charge < -0.3 is 4.98 Å². The summed E-state index contributed by atoms with van der Waals surface area (Å²) in [6, 6.07) is 11.2. The van der Waals surface area contributed by atoms with Crippen molar-refractivity contribution in [3.8, 4) is 11.3 Å². The quantitative estimate of drug-likeness (QED) is 0.361. The van der Waals surface area contributed by atoms with Gasteiger partial charge in [0, 0.05) is 34.2 Å². The standard InChI is InChI=1S/C26H28N6S/c1-17(2)25-21-13-19(18-7-10-31(11-8-18)15-24-27-9-12-33-24)3-5-22(21)30-26(25)20-4-6-23-28-16-29-32(23)14-20/h3-6,9,12-14,16-18,30H,7-8,10-11,15H2,1-2H3. The van der Waals surface area contributed by atoms with E-state index in [-0.39, 0.29) is 0 Å². The molecule has 0 unspecified atom stereocenters. The molecule has 5 heterocycles. The predicted molar refractivity (Wildman–Crippen MR) is 134 cm³/mol. The Bertz CT molecular complexity index is 1390. The summed E-state index contributed by atoms with van der Waals surface area (Å²) in [7, 11) is 0. The van der Waals surface area contributed by atoms with Gasteiger partial charge in [0.15, 0.2) is 5.65 Å². The second-order valence-corrected chi connectivity index (χ2v) is 10.3. The molecule has 0 bridgehead atoms. The monoisotopic (exact) mass is 456 g/mol. The molecule has 0 aliphatic carbocycles. The highest BCUT2D eigenvalue weighted by atomic mass is 32.1. The molecule has 168 valence electrons. The predicted octanol–water partition coefficient (Wildman–Crippen LogP) is 5.84. The minimum atomic E-state index is 0.413. The molecule has 6 rings (SSSR count). The summed E-state index contributed by atoms with van der Waals surface area (Å²) in [5.74, 6) is 1.03. The molecule has 0 saturated carbocycles. The maximum atomic E-state index is 4.45. The summed E-state index contributed by atoms with van der Waals surface area (Å²) in [5.41, 5.74) is 7.25. The van der Waals surface area contributed by atoms with Crippen molar-refractivity contribution in [3.05, 3.63) is 70.6 Å². The maximum absolute atomic E-state index is 4.45. The number of benzene rings is 1. The van der Waals surface area contributed by atoms with E-state index in [0.717, 1.165) is 30.8 Å². The van der Waals surface area contributed by atoms with Crippen LogP contribution in [-0.4, -0.2) is 42.6 Å². The number of aromatic nitrogens is 5. The van der Waals surface area contributed by atoms with Crippen LogP contribution in [0.1, 0.15) is 54.7 Å². The number of H-pyrrole nitrogens is 1. The lowest BCUT2D eigenvalue weighted by Gasteiger charge is -2.31. The molecule has 4 aromatic heterocycles. The van der Waals surface area contributed by atoms with E-state index >= 15 is 0 Å². The van der Waals surface area contributed by atoms with Crippen molar-refractivity contribution in [2.24, 2.45) is 0 Å². The van der Waals surface area contributed by atoms with Gasteiger partial charge in [0.05, 0.1) is 12.2 Å². The van der Waals surface area contributed by atoms with E-state index in [1.807, 2.05) is 16.8 Å². The Balaban J connectivity index is 1.30. The molecule has 0 atom stereocenters. The fraction of sp³-hybridized carbons (Fsp3) is 0.346. The Hall–Kier alpha value is -3.03. The second kappa shape index (κ2) is 8.39. The molecule has 1 aromatic carbocycles. The third-order valence-electron chi connectivity index (χ3n) is 6.90. The summed E-state index contributed by atoms with van der Waals surface area (Å²) in [6.07, 6.45) is 7.98. The highest BCUT2D eigenvalue weighted by Gasteiger charge is 2.23. The molecule has 1 saturated heterocycles. The molecule has 1 fully saturated rings. The van der Waals surface area contributed by atoms with Crippen molar-refractivity contribution in [3.63, 3.8) is 0 Å². The minimum absolute atomic E-state index is 0.413. The van der Waals surface area contributed by atoms with E-state index in [0.29, 0.717) is 11.8 Å². The number of nitrogens with one attached hydrogen (secondary N) is 1. The Morgan fingerprint density at radius 3 is 2.79 bits per heavy atom. The van der Waals surface area contributed by atoms with Crippen molar-refractivity contribution in [2.75, 3.05) is 13.1 Å². The number of thiazole rings is 1. The molecule has 1 aliphatic rings. The number of fused-ring (bicyclic) bond motifs is 2. The summed E-state index contributed by atoms with van der Waals surface area (Å²) < 4.78 is 1.84. The molecule has 7 heteroatoms. The Labute approximate surface area is 197 Å². The fourth-order valence-corrected chi connectivity index (χ4v) is 5.88. The third kappa shape index (κ3) is 3.85. The highest BCUT2D eigenvalue weighted by Crippen LogP contribution is 2.38. The van der Waals surface area contributed by atoms with Crippen molar-refractivity contribution >= 4 is 27.9 Å². The van der Waals surface area contributed by atoms with Crippen molar-refractivity contribution in [1.82, 2.24) is 29.5 Å². The van der Waals surface area contributed by atoms with E-state index in [2.05, 4.69) is 74.6 Å². The number of hydrogen-bond acceptors (Lipinski definition) is 5. The SMILES string of the molecule is CC(C)c1c(-c2ccc3ncnn3c2)[nH]c2ccc(C3CCN(Cc4nccs4)CC3)cc12. The Morgan fingerprint density at radius 2 is 2.00 bits per heavy atom. The van der Waals surface area contributed by atoms with E-state index in [4.69, 9.17) is 0 Å². The molecule has 1 aliphatic heterocycles. The molecule has 1 N–H and O–H groups in total. The van der Waals surface area contributed by atoms with Crippen LogP contribution in [-0.2, 0) is 6.54 Å². The van der Waals surface area contributed by atoms with Gasteiger partial charge in [-0.1, -0.05) is 19.9 Å². The number of hydrogen-bond donors (Lipinski definition) is 1. The number of rotatable bonds is 5. The van der Waals surface area contributed by atoms with E-state index in [1.165, 1.54) is 45.6 Å². The van der Waals surface area contributed by atoms with Crippen LogP contribution in [0.4, 0.5) is 0 Å². The van der Waals surface area contributed by atoms with Gasteiger partial charge >= 0.3 is 0 Å². The average Bonchev–Trinajstić information content (AvgIpc) is 3.58. The minimum Gasteiger partial charge on any atom is -0.354 e. The first-order valence-electron chi connectivity index (χ1n) is 11.7. The van der Waals surface area contributed by atoms with Crippen LogP contribution in [0.25, 0.3) is 27.8 Å². The van der Waals surface area contributed by atoms with Gasteiger partial charge in [-0.3, -0.25) is 4.90 Å². The topological polar surface area (TPSA) is 62.1 Å². The van der Waals surface area contributed by atoms with Crippen molar-refractivity contribution in [2.45, 2.75) is 45.1 Å². The molecule has 33 heavy (non-hydrogen) atoms. The van der Waals surface area contributed by atoms with E-state index in [1.54, 1.807) is 17.7 Å². The molecular weight excluding hydrogens is 428 g/mol. The number of pyridine rings is 1. The molecule has 0 radical (unpaired) electrons. The van der Waals surface area contributed by atoms with E-state index in [9.17, 15) is 0 Å². The van der Waals surface area contributed by atoms with Gasteiger partial charge in [-0.2, -0.15) is 5.10 Å². The lowest BCUT2D eigenvalue weighted by molar-refractivity contribution is 0.204. The zero-order chi connectivity index (χ0) is 22.4. The highest BCUT2D eigenvalue weighted by molar-refractivity contribution is 7.09. The van der Waals surface area contributed by atoms with Crippen LogP contribution in [0.5, 0.6) is 0 Å². The van der Waals surface area contributed by atoms with Crippen LogP contribution in [0.3, 0.4) is 0 Å². The van der Waals surface area contributed by atoms with Gasteiger partial charge in [-0.15, -0.1) is 11.3 Å². The van der Waals surface area contributed by atoms with Crippen molar-refractivity contribution in [1.29, 1.82) is 0 Å². The fourth-order valence-electron chi connectivity index (χ4n) is 5.22. The van der Waals surface area contributed by atoms with Gasteiger partial charge in [-0.25, -0.2) is 14.5 Å². The summed E-state index contributed by atoms with van der Waals surface area (Å²) >= 11 is 1.76. The normalized spacial score (nSPS) is 15.8. The van der Waals surface area contributed by atoms with Crippen molar-refractivity contribution < 1.29 is 0 Å². The molecule has 6 nitrogen and oxygen atoms in total. The lowest BCUT2D eigenvalue weighted by Crippen LogP contribution is -2.32. The van der Waals surface area contributed by atoms with Gasteiger partial charge in [0.2, 0.25) is 0 Å². The largest absolute Gasteiger partial charge is 0.354 e. The summed E-state index contributed by atoms with van der Waals surface area (Å²) in [4.78, 5) is 15.0. The maximum Gasteiger partial charge on any atom is 0.155 e. The third-order valence-corrected chi connectivity index (χ3v) is 7.67. The van der Waals surface area contributed by atoms with Crippen LogP contribution in [0.2, 0.25) is 0 Å². The average molecular weight is 457 g/mol. The van der Waals surface area contributed by atoms with Gasteiger partial charge in [0.25, 0.3) is 0 Å². The number of likely N-dealkylation sites (tertiary alicyclic amines) is 1. The molecular formula is C26H28N6S. The second-order valence-electron chi connectivity index (χ2n) is 9.33. The van der Waals surface area contributed by atoms with Gasteiger partial charge in [-0.05, 0) is 73.2 Å². The van der Waals surface area contributed by atoms with Crippen LogP contribution in [0.15, 0.2) is 54.4 Å². The molecule has 5 aromatic rings. The smallest absolute Gasteiger partial charge is 0.155 e. The first-order chi connectivity index (χ1) is 16.2. The summed E-state index contributed by atoms with van der Waals surface area (Å²) in [6.45, 7) is 7.82. The first-order valence-corrected chi connectivity index (χ1v) is 12.6. The van der Waals surface area contributed by atoms with Crippen LogP contribution in [0, 0.1) is 0 Å². The number of aromatic amines is 1. The van der Waals surface area contributed by atoms with E-state index < -0.39 is 0 Å². The lowest BCUT2D eigenvalue weighted by atomic mass is 9.87. The first kappa shape index (κ1) is 20.6.